The van der Waals surface area contributed by atoms with Crippen LogP contribution in [0, 0.1) is 0 Å². The quantitative estimate of drug-likeness (QED) is 0.822. The molecule has 1 atom stereocenters. The maximum atomic E-state index is 6.04. The maximum Gasteiger partial charge on any atom is 0.134 e. The van der Waals surface area contributed by atoms with Crippen molar-refractivity contribution < 1.29 is 0 Å². The molecule has 1 aromatic rings. The van der Waals surface area contributed by atoms with Gasteiger partial charge in [0, 0.05) is 18.0 Å². The summed E-state index contributed by atoms with van der Waals surface area (Å²) < 4.78 is 0. The minimum atomic E-state index is 0.429. The number of aromatic nitrogens is 2. The highest BCUT2D eigenvalue weighted by atomic mass is 15.2. The molecule has 0 radical (unpaired) electrons. The lowest BCUT2D eigenvalue weighted by Gasteiger charge is -2.17. The Morgan fingerprint density at radius 1 is 1.38 bits per heavy atom. The van der Waals surface area contributed by atoms with Crippen LogP contribution in [0.15, 0.2) is 0 Å². The van der Waals surface area contributed by atoms with Gasteiger partial charge >= 0.3 is 0 Å². The summed E-state index contributed by atoms with van der Waals surface area (Å²) in [4.78, 5) is 11.5. The molecule has 2 aliphatic rings. The molecule has 1 aliphatic carbocycles. The van der Waals surface area contributed by atoms with Gasteiger partial charge in [-0.3, -0.25) is 4.90 Å². The van der Waals surface area contributed by atoms with Gasteiger partial charge < -0.3 is 5.73 Å². The predicted octanol–water partition coefficient (Wildman–Crippen LogP) is 1.83. The van der Waals surface area contributed by atoms with Gasteiger partial charge in [0.25, 0.3) is 0 Å². The van der Waals surface area contributed by atoms with Crippen molar-refractivity contribution in [1.29, 1.82) is 0 Å². The summed E-state index contributed by atoms with van der Waals surface area (Å²) in [6.45, 7) is 3.09. The van der Waals surface area contributed by atoms with Gasteiger partial charge in [-0.05, 0) is 26.3 Å². The first-order valence-electron chi connectivity index (χ1n) is 6.07. The average Bonchev–Trinajstić information content (AvgIpc) is 3.03. The molecule has 0 bridgehead atoms. The van der Waals surface area contributed by atoms with E-state index in [0.29, 0.717) is 17.8 Å². The minimum Gasteiger partial charge on any atom is -0.383 e. The fourth-order valence-electron chi connectivity index (χ4n) is 2.57. The van der Waals surface area contributed by atoms with Crippen LogP contribution in [0.3, 0.4) is 0 Å². The van der Waals surface area contributed by atoms with Crippen LogP contribution in [0.1, 0.15) is 55.2 Å². The summed E-state index contributed by atoms with van der Waals surface area (Å²) in [6.07, 6.45) is 3.54. The third-order valence-corrected chi connectivity index (χ3v) is 3.67. The van der Waals surface area contributed by atoms with E-state index < -0.39 is 0 Å². The summed E-state index contributed by atoms with van der Waals surface area (Å²) in [5.74, 6) is 2.26. The predicted molar refractivity (Wildman–Crippen MR) is 62.9 cm³/mol. The summed E-state index contributed by atoms with van der Waals surface area (Å²) >= 11 is 0. The lowest BCUT2D eigenvalue weighted by Crippen LogP contribution is -2.16. The van der Waals surface area contributed by atoms with Crippen molar-refractivity contribution in [3.05, 3.63) is 17.1 Å². The second-order valence-electron chi connectivity index (χ2n) is 4.94. The van der Waals surface area contributed by atoms with Crippen LogP contribution >= 0.6 is 0 Å². The topological polar surface area (TPSA) is 55.0 Å². The van der Waals surface area contributed by atoms with Crippen LogP contribution in [0.4, 0.5) is 5.82 Å². The van der Waals surface area contributed by atoms with Gasteiger partial charge in [0.15, 0.2) is 0 Å². The van der Waals surface area contributed by atoms with Gasteiger partial charge in [0.1, 0.15) is 11.6 Å². The van der Waals surface area contributed by atoms with Crippen molar-refractivity contribution in [2.24, 2.45) is 0 Å². The van der Waals surface area contributed by atoms with E-state index >= 15 is 0 Å². The van der Waals surface area contributed by atoms with Gasteiger partial charge in [-0.15, -0.1) is 0 Å². The smallest absolute Gasteiger partial charge is 0.134 e. The summed E-state index contributed by atoms with van der Waals surface area (Å²) in [5.41, 5.74) is 8.37. The third kappa shape index (κ3) is 1.40. The van der Waals surface area contributed by atoms with E-state index in [1.165, 1.54) is 18.5 Å². The van der Waals surface area contributed by atoms with E-state index in [2.05, 4.69) is 23.9 Å². The van der Waals surface area contributed by atoms with Crippen molar-refractivity contribution in [3.8, 4) is 0 Å². The monoisotopic (exact) mass is 218 g/mol. The Morgan fingerprint density at radius 3 is 2.75 bits per heavy atom. The van der Waals surface area contributed by atoms with Gasteiger partial charge in [0.2, 0.25) is 0 Å². The van der Waals surface area contributed by atoms with E-state index in [0.717, 1.165) is 24.4 Å². The number of nitrogen functional groups attached to an aromatic ring is 1. The van der Waals surface area contributed by atoms with Gasteiger partial charge in [-0.2, -0.15) is 0 Å². The molecule has 1 saturated carbocycles. The lowest BCUT2D eigenvalue weighted by atomic mass is 10.1. The number of nitrogens with two attached hydrogens (primary N) is 1. The van der Waals surface area contributed by atoms with Crippen molar-refractivity contribution in [1.82, 2.24) is 14.9 Å². The SMILES string of the molecule is CCC1c2nc(C3CC3)nc(N)c2CN1C. The molecular formula is C12H18N4. The third-order valence-electron chi connectivity index (χ3n) is 3.67. The first kappa shape index (κ1) is 10.0. The highest BCUT2D eigenvalue weighted by Crippen LogP contribution is 2.41. The van der Waals surface area contributed by atoms with E-state index in [9.17, 15) is 0 Å². The zero-order valence-electron chi connectivity index (χ0n) is 9.90. The Morgan fingerprint density at radius 2 is 2.12 bits per heavy atom. The van der Waals surface area contributed by atoms with Crippen LogP contribution in [-0.2, 0) is 6.54 Å². The Bertz CT molecular complexity index is 425. The molecule has 1 aliphatic heterocycles. The van der Waals surface area contributed by atoms with Crippen LogP contribution in [0.25, 0.3) is 0 Å². The van der Waals surface area contributed by atoms with Crippen molar-refractivity contribution in [3.63, 3.8) is 0 Å². The fourth-order valence-corrected chi connectivity index (χ4v) is 2.57. The number of nitrogens with zero attached hydrogens (tertiary/aromatic N) is 3. The van der Waals surface area contributed by atoms with Crippen molar-refractivity contribution in [2.75, 3.05) is 12.8 Å². The van der Waals surface area contributed by atoms with Gasteiger partial charge in [-0.1, -0.05) is 6.92 Å². The van der Waals surface area contributed by atoms with Gasteiger partial charge in [0.05, 0.1) is 11.7 Å². The zero-order chi connectivity index (χ0) is 11.3. The molecule has 1 fully saturated rings. The van der Waals surface area contributed by atoms with Crippen LogP contribution < -0.4 is 5.73 Å². The van der Waals surface area contributed by atoms with Gasteiger partial charge in [-0.25, -0.2) is 9.97 Å². The normalized spacial score (nSPS) is 24.8. The number of hydrogen-bond acceptors (Lipinski definition) is 4. The van der Waals surface area contributed by atoms with E-state index in [4.69, 9.17) is 10.7 Å². The molecule has 2 heterocycles. The molecule has 2 N–H and O–H groups in total. The highest BCUT2D eigenvalue weighted by molar-refractivity contribution is 5.46. The molecule has 0 spiro atoms. The molecule has 1 unspecified atom stereocenters. The summed E-state index contributed by atoms with van der Waals surface area (Å²) in [5, 5.41) is 0. The lowest BCUT2D eigenvalue weighted by molar-refractivity contribution is 0.259. The van der Waals surface area contributed by atoms with Crippen molar-refractivity contribution in [2.45, 2.75) is 44.7 Å². The molecule has 86 valence electrons. The fraction of sp³-hybridized carbons (Fsp3) is 0.667. The molecule has 16 heavy (non-hydrogen) atoms. The maximum absolute atomic E-state index is 6.04. The van der Waals surface area contributed by atoms with Crippen LogP contribution in [0.5, 0.6) is 0 Å². The van der Waals surface area contributed by atoms with E-state index in [1.54, 1.807) is 0 Å². The highest BCUT2D eigenvalue weighted by Gasteiger charge is 2.34. The molecule has 3 rings (SSSR count). The second kappa shape index (κ2) is 3.42. The standard InChI is InChI=1S/C12H18N4/c1-3-9-10-8(6-16(9)2)11(13)15-12(14-10)7-4-5-7/h7,9H,3-6H2,1-2H3,(H2,13,14,15). The molecule has 0 aromatic carbocycles. The number of hydrogen-bond donors (Lipinski definition) is 1. The Kier molecular flexibility index (Phi) is 2.14. The number of rotatable bonds is 2. The Labute approximate surface area is 95.9 Å². The Hall–Kier alpha value is -1.16. The van der Waals surface area contributed by atoms with E-state index in [-0.39, 0.29) is 0 Å². The van der Waals surface area contributed by atoms with Crippen LogP contribution in [0.2, 0.25) is 0 Å². The number of fused-ring (bicyclic) bond motifs is 1. The summed E-state index contributed by atoms with van der Waals surface area (Å²) in [6, 6.07) is 0.429. The average molecular weight is 218 g/mol. The zero-order valence-corrected chi connectivity index (χ0v) is 9.90. The molecule has 0 saturated heterocycles. The van der Waals surface area contributed by atoms with Crippen LogP contribution in [-0.4, -0.2) is 21.9 Å². The molecule has 4 nitrogen and oxygen atoms in total. The molecule has 1 aromatic heterocycles. The second-order valence-corrected chi connectivity index (χ2v) is 4.94. The first-order valence-corrected chi connectivity index (χ1v) is 6.07. The molecule has 0 amide bonds. The molecular weight excluding hydrogens is 200 g/mol. The Balaban J connectivity index is 2.07. The minimum absolute atomic E-state index is 0.429. The molecule has 4 heteroatoms. The largest absolute Gasteiger partial charge is 0.383 e. The van der Waals surface area contributed by atoms with Crippen molar-refractivity contribution >= 4 is 5.82 Å². The first-order chi connectivity index (χ1) is 7.70. The summed E-state index contributed by atoms with van der Waals surface area (Å²) in [7, 11) is 2.13. The number of anilines is 1. The van der Waals surface area contributed by atoms with E-state index in [1.807, 2.05) is 0 Å².